The number of carbonyl (C=O) groups is 1. The molecule has 0 bridgehead atoms. The largest absolute Gasteiger partial charge is 0.385 e. The molecule has 0 saturated carbocycles. The molecule has 0 aliphatic carbocycles. The summed E-state index contributed by atoms with van der Waals surface area (Å²) in [6.07, 6.45) is 3.75. The van der Waals surface area contributed by atoms with Gasteiger partial charge in [0.15, 0.2) is 0 Å². The lowest BCUT2D eigenvalue weighted by atomic mass is 10.2. The van der Waals surface area contributed by atoms with Gasteiger partial charge < -0.3 is 20.0 Å². The number of imidazole rings is 1. The average molecular weight is 304 g/mol. The van der Waals surface area contributed by atoms with E-state index in [0.717, 1.165) is 12.2 Å². The molecule has 1 unspecified atom stereocenters. The first kappa shape index (κ1) is 16.0. The lowest BCUT2D eigenvalue weighted by molar-refractivity contribution is -0.121. The Balaban J connectivity index is 1.79. The number of rotatable bonds is 7. The van der Waals surface area contributed by atoms with Gasteiger partial charge in [-0.15, -0.1) is 0 Å². The standard InChI is InChI=1S/C15H20N4O3/c1-2-13-16-7-9-19(13)8-6-14(21)17-10-12(20)11-4-3-5-15(22)18-11/h3-5,7,9,12,20H,2,6,8,10H2,1H3,(H,17,21)(H,18,22). The first-order chi connectivity index (χ1) is 10.6. The Morgan fingerprint density at radius 1 is 1.50 bits per heavy atom. The summed E-state index contributed by atoms with van der Waals surface area (Å²) in [4.78, 5) is 29.7. The molecular weight excluding hydrogens is 284 g/mol. The molecule has 0 aliphatic rings. The van der Waals surface area contributed by atoms with Gasteiger partial charge in [-0.2, -0.15) is 0 Å². The van der Waals surface area contributed by atoms with Crippen LogP contribution in [0.3, 0.4) is 0 Å². The van der Waals surface area contributed by atoms with Crippen LogP contribution in [0.2, 0.25) is 0 Å². The van der Waals surface area contributed by atoms with Gasteiger partial charge in [0.05, 0.1) is 0 Å². The number of carbonyl (C=O) groups excluding carboxylic acids is 1. The number of hydrogen-bond acceptors (Lipinski definition) is 4. The van der Waals surface area contributed by atoms with Gasteiger partial charge in [0.25, 0.3) is 0 Å². The van der Waals surface area contributed by atoms with Crippen LogP contribution < -0.4 is 10.9 Å². The van der Waals surface area contributed by atoms with Gasteiger partial charge in [-0.1, -0.05) is 13.0 Å². The zero-order valence-corrected chi connectivity index (χ0v) is 12.5. The monoisotopic (exact) mass is 304 g/mol. The van der Waals surface area contributed by atoms with Crippen molar-refractivity contribution >= 4 is 5.91 Å². The lowest BCUT2D eigenvalue weighted by Gasteiger charge is -2.12. The molecule has 2 rings (SSSR count). The van der Waals surface area contributed by atoms with Crippen LogP contribution in [-0.2, 0) is 17.8 Å². The van der Waals surface area contributed by atoms with Crippen LogP contribution in [0.15, 0.2) is 35.4 Å². The highest BCUT2D eigenvalue weighted by atomic mass is 16.3. The first-order valence-electron chi connectivity index (χ1n) is 7.24. The summed E-state index contributed by atoms with van der Waals surface area (Å²) in [5.41, 5.74) is 0.103. The van der Waals surface area contributed by atoms with E-state index in [1.165, 1.54) is 6.07 Å². The molecule has 118 valence electrons. The van der Waals surface area contributed by atoms with E-state index in [0.29, 0.717) is 18.7 Å². The number of aryl methyl sites for hydroxylation is 2. The number of H-pyrrole nitrogens is 1. The maximum Gasteiger partial charge on any atom is 0.248 e. The molecule has 0 aliphatic heterocycles. The van der Waals surface area contributed by atoms with E-state index in [2.05, 4.69) is 15.3 Å². The van der Waals surface area contributed by atoms with Crippen molar-refractivity contribution in [1.82, 2.24) is 19.9 Å². The fourth-order valence-electron chi connectivity index (χ4n) is 2.15. The van der Waals surface area contributed by atoms with Crippen molar-refractivity contribution in [2.24, 2.45) is 0 Å². The summed E-state index contributed by atoms with van der Waals surface area (Å²) in [6.45, 7) is 2.62. The Hall–Kier alpha value is -2.41. The van der Waals surface area contributed by atoms with Crippen LogP contribution >= 0.6 is 0 Å². The van der Waals surface area contributed by atoms with E-state index >= 15 is 0 Å². The van der Waals surface area contributed by atoms with Crippen molar-refractivity contribution in [2.45, 2.75) is 32.4 Å². The predicted molar refractivity (Wildman–Crippen MR) is 81.3 cm³/mol. The molecule has 3 N–H and O–H groups in total. The predicted octanol–water partition coefficient (Wildman–Crippen LogP) is 0.374. The molecule has 0 fully saturated rings. The Kier molecular flexibility index (Phi) is 5.48. The Morgan fingerprint density at radius 2 is 2.32 bits per heavy atom. The number of aromatic amines is 1. The highest BCUT2D eigenvalue weighted by Crippen LogP contribution is 2.06. The van der Waals surface area contributed by atoms with E-state index in [9.17, 15) is 14.7 Å². The van der Waals surface area contributed by atoms with E-state index in [-0.39, 0.29) is 18.0 Å². The van der Waals surface area contributed by atoms with Gasteiger partial charge in [-0.3, -0.25) is 9.59 Å². The van der Waals surface area contributed by atoms with Crippen LogP contribution in [0.1, 0.15) is 31.0 Å². The molecule has 1 atom stereocenters. The van der Waals surface area contributed by atoms with Crippen molar-refractivity contribution in [2.75, 3.05) is 6.54 Å². The van der Waals surface area contributed by atoms with E-state index in [1.54, 1.807) is 18.3 Å². The normalized spacial score (nSPS) is 12.1. The van der Waals surface area contributed by atoms with Crippen molar-refractivity contribution in [3.63, 3.8) is 0 Å². The fraction of sp³-hybridized carbons (Fsp3) is 0.400. The summed E-state index contributed by atoms with van der Waals surface area (Å²) in [5.74, 6) is 0.780. The smallest absolute Gasteiger partial charge is 0.248 e. The van der Waals surface area contributed by atoms with Gasteiger partial charge in [0.1, 0.15) is 11.9 Å². The van der Waals surface area contributed by atoms with Crippen molar-refractivity contribution in [3.8, 4) is 0 Å². The second kappa shape index (κ2) is 7.56. The number of aliphatic hydroxyl groups is 1. The zero-order valence-electron chi connectivity index (χ0n) is 12.5. The molecule has 0 radical (unpaired) electrons. The summed E-state index contributed by atoms with van der Waals surface area (Å²) in [7, 11) is 0. The van der Waals surface area contributed by atoms with E-state index < -0.39 is 6.10 Å². The van der Waals surface area contributed by atoms with Crippen molar-refractivity contribution < 1.29 is 9.90 Å². The lowest BCUT2D eigenvalue weighted by Crippen LogP contribution is -2.30. The quantitative estimate of drug-likeness (QED) is 0.688. The fourth-order valence-corrected chi connectivity index (χ4v) is 2.15. The molecule has 2 aromatic rings. The highest BCUT2D eigenvalue weighted by Gasteiger charge is 2.10. The molecule has 1 amide bonds. The van der Waals surface area contributed by atoms with Gasteiger partial charge in [0.2, 0.25) is 11.5 Å². The second-order valence-electron chi connectivity index (χ2n) is 4.93. The summed E-state index contributed by atoms with van der Waals surface area (Å²) < 4.78 is 1.94. The van der Waals surface area contributed by atoms with Crippen LogP contribution in [0.25, 0.3) is 0 Å². The summed E-state index contributed by atoms with van der Waals surface area (Å²) >= 11 is 0. The average Bonchev–Trinajstić information content (AvgIpc) is 2.98. The SMILES string of the molecule is CCc1nccn1CCC(=O)NCC(O)c1cccc(=O)[nH]1. The second-order valence-corrected chi connectivity index (χ2v) is 4.93. The van der Waals surface area contributed by atoms with Crippen molar-refractivity contribution in [3.05, 3.63) is 52.5 Å². The molecule has 2 aromatic heterocycles. The molecule has 7 nitrogen and oxygen atoms in total. The zero-order chi connectivity index (χ0) is 15.9. The topological polar surface area (TPSA) is 100 Å². The molecular formula is C15H20N4O3. The number of aliphatic hydroxyl groups excluding tert-OH is 1. The number of amides is 1. The molecule has 2 heterocycles. The molecule has 7 heteroatoms. The third kappa shape index (κ3) is 4.29. The van der Waals surface area contributed by atoms with Gasteiger partial charge in [-0.25, -0.2) is 4.98 Å². The Bertz CT molecular complexity index is 677. The number of nitrogens with one attached hydrogen (secondary N) is 2. The minimum absolute atomic E-state index is 0.0589. The number of nitrogens with zero attached hydrogens (tertiary/aromatic N) is 2. The maximum absolute atomic E-state index is 11.8. The van der Waals surface area contributed by atoms with Gasteiger partial charge >= 0.3 is 0 Å². The Labute approximate surface area is 128 Å². The Morgan fingerprint density at radius 3 is 3.05 bits per heavy atom. The minimum atomic E-state index is -0.933. The minimum Gasteiger partial charge on any atom is -0.385 e. The molecule has 0 spiro atoms. The van der Waals surface area contributed by atoms with Gasteiger partial charge in [0, 0.05) is 50.1 Å². The van der Waals surface area contributed by atoms with Crippen LogP contribution in [0.5, 0.6) is 0 Å². The summed E-state index contributed by atoms with van der Waals surface area (Å²) in [5, 5.41) is 12.6. The van der Waals surface area contributed by atoms with E-state index in [4.69, 9.17) is 0 Å². The number of pyridine rings is 1. The van der Waals surface area contributed by atoms with Gasteiger partial charge in [-0.05, 0) is 6.07 Å². The molecule has 0 saturated heterocycles. The van der Waals surface area contributed by atoms with E-state index in [1.807, 2.05) is 17.7 Å². The first-order valence-corrected chi connectivity index (χ1v) is 7.24. The van der Waals surface area contributed by atoms with Crippen molar-refractivity contribution in [1.29, 1.82) is 0 Å². The third-order valence-corrected chi connectivity index (χ3v) is 3.34. The molecule has 22 heavy (non-hydrogen) atoms. The van der Waals surface area contributed by atoms with Crippen LogP contribution in [0, 0.1) is 0 Å². The maximum atomic E-state index is 11.8. The number of hydrogen-bond donors (Lipinski definition) is 3. The number of aromatic nitrogens is 3. The summed E-state index contributed by atoms with van der Waals surface area (Å²) in [6, 6.07) is 4.53. The van der Waals surface area contributed by atoms with Crippen LogP contribution in [0.4, 0.5) is 0 Å². The third-order valence-electron chi connectivity index (χ3n) is 3.34. The highest BCUT2D eigenvalue weighted by molar-refractivity contribution is 5.75. The van der Waals surface area contributed by atoms with Crippen LogP contribution in [-0.4, -0.2) is 32.1 Å². The molecule has 0 aromatic carbocycles.